The van der Waals surface area contributed by atoms with Gasteiger partial charge in [0.15, 0.2) is 0 Å². The molecule has 2 aromatic carbocycles. The van der Waals surface area contributed by atoms with Gasteiger partial charge in [0.2, 0.25) is 0 Å². The highest BCUT2D eigenvalue weighted by atomic mass is 35.5. The zero-order chi connectivity index (χ0) is 12.3. The van der Waals surface area contributed by atoms with E-state index < -0.39 is 0 Å². The Morgan fingerprint density at radius 3 is 2.65 bits per heavy atom. The molecular formula is C14H14ClNO. The molecule has 0 amide bonds. The Hall–Kier alpha value is -1.51. The van der Waals surface area contributed by atoms with Crippen LogP contribution in [0.2, 0.25) is 5.02 Å². The minimum Gasteiger partial charge on any atom is -0.507 e. The standard InChI is InChI=1S/C14H14ClNO/c15-12-3-1-2-11(9-12)13-8-10(6-7-16)4-5-14(13)17/h1-5,8-9,17H,6-7,16H2. The van der Waals surface area contributed by atoms with Crippen molar-refractivity contribution < 1.29 is 5.11 Å². The van der Waals surface area contributed by atoms with Gasteiger partial charge < -0.3 is 10.8 Å². The van der Waals surface area contributed by atoms with Crippen LogP contribution in [-0.2, 0) is 6.42 Å². The number of nitrogens with two attached hydrogens (primary N) is 1. The van der Waals surface area contributed by atoms with E-state index in [1.54, 1.807) is 6.07 Å². The maximum absolute atomic E-state index is 9.87. The summed E-state index contributed by atoms with van der Waals surface area (Å²) in [6.45, 7) is 0.597. The first-order chi connectivity index (χ1) is 8.20. The Bertz CT molecular complexity index is 525. The molecule has 0 saturated heterocycles. The molecule has 0 aromatic heterocycles. The van der Waals surface area contributed by atoms with Gasteiger partial charge in [-0.25, -0.2) is 0 Å². The fourth-order valence-corrected chi connectivity index (χ4v) is 1.98. The topological polar surface area (TPSA) is 46.2 Å². The van der Waals surface area contributed by atoms with Crippen molar-refractivity contribution in [2.75, 3.05) is 6.54 Å². The summed E-state index contributed by atoms with van der Waals surface area (Å²) in [4.78, 5) is 0. The Kier molecular flexibility index (Phi) is 3.67. The summed E-state index contributed by atoms with van der Waals surface area (Å²) in [5.74, 6) is 0.257. The third-order valence-electron chi connectivity index (χ3n) is 2.63. The van der Waals surface area contributed by atoms with Crippen molar-refractivity contribution in [2.24, 2.45) is 5.73 Å². The van der Waals surface area contributed by atoms with Crippen LogP contribution < -0.4 is 5.73 Å². The van der Waals surface area contributed by atoms with E-state index in [2.05, 4.69) is 0 Å². The number of phenols is 1. The molecule has 2 aromatic rings. The zero-order valence-electron chi connectivity index (χ0n) is 9.36. The fourth-order valence-electron chi connectivity index (χ4n) is 1.79. The Balaban J connectivity index is 2.46. The van der Waals surface area contributed by atoms with Gasteiger partial charge in [-0.05, 0) is 48.4 Å². The molecule has 2 rings (SSSR count). The van der Waals surface area contributed by atoms with E-state index in [4.69, 9.17) is 17.3 Å². The zero-order valence-corrected chi connectivity index (χ0v) is 10.1. The van der Waals surface area contributed by atoms with Crippen LogP contribution in [-0.4, -0.2) is 11.7 Å². The van der Waals surface area contributed by atoms with Gasteiger partial charge in [0, 0.05) is 10.6 Å². The summed E-state index contributed by atoms with van der Waals surface area (Å²) in [7, 11) is 0. The van der Waals surface area contributed by atoms with Crippen LogP contribution in [0.25, 0.3) is 11.1 Å². The minimum atomic E-state index is 0.257. The Morgan fingerprint density at radius 1 is 1.12 bits per heavy atom. The summed E-state index contributed by atoms with van der Waals surface area (Å²) < 4.78 is 0. The van der Waals surface area contributed by atoms with Crippen molar-refractivity contribution in [3.05, 3.63) is 53.1 Å². The van der Waals surface area contributed by atoms with Crippen molar-refractivity contribution in [1.29, 1.82) is 0 Å². The molecule has 3 N–H and O–H groups in total. The molecule has 0 spiro atoms. The number of hydrogen-bond donors (Lipinski definition) is 2. The summed E-state index contributed by atoms with van der Waals surface area (Å²) in [6, 6.07) is 13.0. The van der Waals surface area contributed by atoms with E-state index in [0.29, 0.717) is 11.6 Å². The SMILES string of the molecule is NCCc1ccc(O)c(-c2cccc(Cl)c2)c1. The number of phenolic OH excluding ortho intramolecular Hbond substituents is 1. The highest BCUT2D eigenvalue weighted by Gasteiger charge is 2.05. The van der Waals surface area contributed by atoms with Crippen LogP contribution in [0.15, 0.2) is 42.5 Å². The molecule has 0 aliphatic carbocycles. The summed E-state index contributed by atoms with van der Waals surface area (Å²) in [5, 5.41) is 10.5. The summed E-state index contributed by atoms with van der Waals surface area (Å²) in [6.07, 6.45) is 0.799. The van der Waals surface area contributed by atoms with Gasteiger partial charge in [-0.3, -0.25) is 0 Å². The van der Waals surface area contributed by atoms with Crippen LogP contribution in [0.1, 0.15) is 5.56 Å². The lowest BCUT2D eigenvalue weighted by molar-refractivity contribution is 0.477. The lowest BCUT2D eigenvalue weighted by Crippen LogP contribution is -2.02. The third kappa shape index (κ3) is 2.78. The van der Waals surface area contributed by atoms with Gasteiger partial charge in [0.25, 0.3) is 0 Å². The van der Waals surface area contributed by atoms with Crippen LogP contribution in [0.3, 0.4) is 0 Å². The Morgan fingerprint density at radius 2 is 1.94 bits per heavy atom. The second-order valence-electron chi connectivity index (χ2n) is 3.90. The normalized spacial score (nSPS) is 10.5. The molecule has 88 valence electrons. The molecule has 2 nitrogen and oxygen atoms in total. The van der Waals surface area contributed by atoms with E-state index in [1.807, 2.05) is 36.4 Å². The van der Waals surface area contributed by atoms with E-state index >= 15 is 0 Å². The fraction of sp³-hybridized carbons (Fsp3) is 0.143. The molecule has 0 aliphatic rings. The summed E-state index contributed by atoms with van der Waals surface area (Å²) >= 11 is 5.95. The van der Waals surface area contributed by atoms with E-state index in [-0.39, 0.29) is 5.75 Å². The van der Waals surface area contributed by atoms with E-state index in [1.165, 1.54) is 0 Å². The highest BCUT2D eigenvalue weighted by molar-refractivity contribution is 6.30. The van der Waals surface area contributed by atoms with Gasteiger partial charge in [-0.15, -0.1) is 0 Å². The average molecular weight is 248 g/mol. The number of rotatable bonds is 3. The maximum atomic E-state index is 9.87. The van der Waals surface area contributed by atoms with Crippen LogP contribution >= 0.6 is 11.6 Å². The molecular weight excluding hydrogens is 234 g/mol. The van der Waals surface area contributed by atoms with Gasteiger partial charge in [0.1, 0.15) is 5.75 Å². The van der Waals surface area contributed by atoms with Crippen LogP contribution in [0.5, 0.6) is 5.75 Å². The molecule has 0 radical (unpaired) electrons. The van der Waals surface area contributed by atoms with E-state index in [9.17, 15) is 5.11 Å². The maximum Gasteiger partial charge on any atom is 0.123 e. The predicted octanol–water partition coefficient (Wildman–Crippen LogP) is 3.21. The lowest BCUT2D eigenvalue weighted by atomic mass is 10.0. The van der Waals surface area contributed by atoms with Gasteiger partial charge >= 0.3 is 0 Å². The average Bonchev–Trinajstić information content (AvgIpc) is 2.32. The first-order valence-electron chi connectivity index (χ1n) is 5.48. The number of benzene rings is 2. The molecule has 0 aliphatic heterocycles. The van der Waals surface area contributed by atoms with Gasteiger partial charge in [-0.1, -0.05) is 29.8 Å². The van der Waals surface area contributed by atoms with Crippen molar-refractivity contribution in [2.45, 2.75) is 6.42 Å². The quantitative estimate of drug-likeness (QED) is 0.875. The van der Waals surface area contributed by atoms with Crippen molar-refractivity contribution in [3.8, 4) is 16.9 Å². The molecule has 0 heterocycles. The molecule has 0 saturated carbocycles. The largest absolute Gasteiger partial charge is 0.507 e. The van der Waals surface area contributed by atoms with Crippen molar-refractivity contribution in [1.82, 2.24) is 0 Å². The van der Waals surface area contributed by atoms with Gasteiger partial charge in [0.05, 0.1) is 0 Å². The van der Waals surface area contributed by atoms with Crippen LogP contribution in [0, 0.1) is 0 Å². The number of halogens is 1. The predicted molar refractivity (Wildman–Crippen MR) is 71.3 cm³/mol. The molecule has 0 unspecified atom stereocenters. The lowest BCUT2D eigenvalue weighted by Gasteiger charge is -2.08. The smallest absolute Gasteiger partial charge is 0.123 e. The molecule has 17 heavy (non-hydrogen) atoms. The van der Waals surface area contributed by atoms with E-state index in [0.717, 1.165) is 23.1 Å². The second-order valence-corrected chi connectivity index (χ2v) is 4.34. The number of hydrogen-bond acceptors (Lipinski definition) is 2. The highest BCUT2D eigenvalue weighted by Crippen LogP contribution is 2.31. The Labute approximate surface area is 106 Å². The molecule has 0 atom stereocenters. The monoisotopic (exact) mass is 247 g/mol. The summed E-state index contributed by atoms with van der Waals surface area (Å²) in [5.41, 5.74) is 8.34. The third-order valence-corrected chi connectivity index (χ3v) is 2.86. The second kappa shape index (κ2) is 5.21. The number of aromatic hydroxyl groups is 1. The first-order valence-corrected chi connectivity index (χ1v) is 5.86. The van der Waals surface area contributed by atoms with Crippen LogP contribution in [0.4, 0.5) is 0 Å². The molecule has 3 heteroatoms. The van der Waals surface area contributed by atoms with Crippen molar-refractivity contribution in [3.63, 3.8) is 0 Å². The minimum absolute atomic E-state index is 0.257. The molecule has 0 bridgehead atoms. The molecule has 0 fully saturated rings. The first kappa shape index (κ1) is 12.0. The van der Waals surface area contributed by atoms with Gasteiger partial charge in [-0.2, -0.15) is 0 Å². The van der Waals surface area contributed by atoms with Crippen molar-refractivity contribution >= 4 is 11.6 Å².